The molecule has 0 spiro atoms. The number of rotatable bonds is 2. The summed E-state index contributed by atoms with van der Waals surface area (Å²) in [5, 5.41) is 14.1. The average molecular weight is 197 g/mol. The lowest BCUT2D eigenvalue weighted by atomic mass is 10.00. The van der Waals surface area contributed by atoms with Crippen LogP contribution < -0.4 is 5.32 Å². The molecule has 0 amide bonds. The lowest BCUT2D eigenvalue weighted by molar-refractivity contribution is -0.142. The van der Waals surface area contributed by atoms with Crippen LogP contribution in [0.4, 0.5) is 0 Å². The van der Waals surface area contributed by atoms with Crippen molar-refractivity contribution in [2.24, 2.45) is 5.92 Å². The van der Waals surface area contributed by atoms with Gasteiger partial charge in [0.05, 0.1) is 12.0 Å². The standard InChI is InChI=1S/C9H11NO2S/c11-9(12)6-3-4-10-8(6)7-2-1-5-13-7/h1-2,5-6,8,10H,3-4H2,(H,11,12). The second-order valence-corrected chi connectivity index (χ2v) is 4.16. The normalized spacial score (nSPS) is 27.7. The summed E-state index contributed by atoms with van der Waals surface area (Å²) >= 11 is 1.62. The van der Waals surface area contributed by atoms with Crippen LogP contribution in [0.5, 0.6) is 0 Å². The number of nitrogens with one attached hydrogen (secondary N) is 1. The SMILES string of the molecule is O=C(O)C1CCNC1c1cccs1. The highest BCUT2D eigenvalue weighted by Gasteiger charge is 2.33. The van der Waals surface area contributed by atoms with Crippen LogP contribution in [0.15, 0.2) is 17.5 Å². The lowest BCUT2D eigenvalue weighted by Gasteiger charge is -2.13. The van der Waals surface area contributed by atoms with E-state index in [0.717, 1.165) is 17.8 Å². The molecular weight excluding hydrogens is 186 g/mol. The van der Waals surface area contributed by atoms with E-state index in [2.05, 4.69) is 5.32 Å². The number of carboxylic acid groups (broad SMARTS) is 1. The maximum Gasteiger partial charge on any atom is 0.308 e. The van der Waals surface area contributed by atoms with Gasteiger partial charge in [-0.3, -0.25) is 4.79 Å². The van der Waals surface area contributed by atoms with E-state index in [1.165, 1.54) is 0 Å². The van der Waals surface area contributed by atoms with Gasteiger partial charge in [0, 0.05) is 4.88 Å². The van der Waals surface area contributed by atoms with E-state index in [1.807, 2.05) is 17.5 Å². The molecule has 2 rings (SSSR count). The summed E-state index contributed by atoms with van der Waals surface area (Å²) in [6.07, 6.45) is 0.734. The molecule has 1 saturated heterocycles. The number of carbonyl (C=O) groups is 1. The Morgan fingerprint density at radius 3 is 3.15 bits per heavy atom. The van der Waals surface area contributed by atoms with Crippen molar-refractivity contribution in [3.05, 3.63) is 22.4 Å². The smallest absolute Gasteiger partial charge is 0.308 e. The van der Waals surface area contributed by atoms with Crippen LogP contribution >= 0.6 is 11.3 Å². The van der Waals surface area contributed by atoms with Gasteiger partial charge in [-0.25, -0.2) is 0 Å². The molecule has 2 heterocycles. The molecule has 3 nitrogen and oxygen atoms in total. The Balaban J connectivity index is 2.19. The molecule has 2 N–H and O–H groups in total. The minimum absolute atomic E-state index is 0.0255. The molecule has 1 aromatic rings. The molecule has 0 aromatic carbocycles. The predicted octanol–water partition coefficient (Wildman–Crippen LogP) is 1.48. The predicted molar refractivity (Wildman–Crippen MR) is 50.8 cm³/mol. The summed E-state index contributed by atoms with van der Waals surface area (Å²) in [6.45, 7) is 0.805. The van der Waals surface area contributed by atoms with Gasteiger partial charge in [-0.15, -0.1) is 11.3 Å². The molecule has 0 radical (unpaired) electrons. The van der Waals surface area contributed by atoms with Crippen LogP contribution in [0.2, 0.25) is 0 Å². The second kappa shape index (κ2) is 3.47. The first-order valence-corrected chi connectivity index (χ1v) is 5.16. The highest BCUT2D eigenvalue weighted by Crippen LogP contribution is 2.32. The molecule has 1 fully saturated rings. The van der Waals surface area contributed by atoms with Gasteiger partial charge in [-0.05, 0) is 24.4 Å². The summed E-state index contributed by atoms with van der Waals surface area (Å²) in [4.78, 5) is 12.0. The molecule has 1 aliphatic rings. The van der Waals surface area contributed by atoms with Crippen LogP contribution in [0.3, 0.4) is 0 Å². The Hall–Kier alpha value is -0.870. The van der Waals surface area contributed by atoms with Gasteiger partial charge in [0.25, 0.3) is 0 Å². The highest BCUT2D eigenvalue weighted by molar-refractivity contribution is 7.10. The van der Waals surface area contributed by atoms with E-state index in [0.29, 0.717) is 0 Å². The number of hydrogen-bond donors (Lipinski definition) is 2. The van der Waals surface area contributed by atoms with Crippen molar-refractivity contribution in [1.82, 2.24) is 5.32 Å². The van der Waals surface area contributed by atoms with Crippen LogP contribution in [-0.2, 0) is 4.79 Å². The third-order valence-electron chi connectivity index (χ3n) is 2.39. The van der Waals surface area contributed by atoms with Crippen molar-refractivity contribution in [2.45, 2.75) is 12.5 Å². The number of hydrogen-bond acceptors (Lipinski definition) is 3. The summed E-state index contributed by atoms with van der Waals surface area (Å²) < 4.78 is 0. The van der Waals surface area contributed by atoms with Gasteiger partial charge < -0.3 is 10.4 Å². The molecule has 2 atom stereocenters. The molecule has 1 aromatic heterocycles. The highest BCUT2D eigenvalue weighted by atomic mass is 32.1. The van der Waals surface area contributed by atoms with Gasteiger partial charge in [0.1, 0.15) is 0 Å². The fourth-order valence-electron chi connectivity index (χ4n) is 1.74. The molecule has 13 heavy (non-hydrogen) atoms. The van der Waals surface area contributed by atoms with Crippen molar-refractivity contribution in [3.8, 4) is 0 Å². The van der Waals surface area contributed by atoms with Crippen molar-refractivity contribution < 1.29 is 9.90 Å². The molecule has 0 aliphatic carbocycles. The zero-order valence-electron chi connectivity index (χ0n) is 7.06. The largest absolute Gasteiger partial charge is 0.481 e. The number of thiophene rings is 1. The molecule has 0 bridgehead atoms. The minimum atomic E-state index is -0.691. The maximum atomic E-state index is 10.9. The van der Waals surface area contributed by atoms with Gasteiger partial charge >= 0.3 is 5.97 Å². The van der Waals surface area contributed by atoms with Gasteiger partial charge in [-0.1, -0.05) is 6.07 Å². The molecule has 1 aliphatic heterocycles. The van der Waals surface area contributed by atoms with Crippen LogP contribution in [0.25, 0.3) is 0 Å². The average Bonchev–Trinajstić information content (AvgIpc) is 2.74. The third kappa shape index (κ3) is 1.59. The maximum absolute atomic E-state index is 10.9. The fourth-order valence-corrected chi connectivity index (χ4v) is 2.60. The van der Waals surface area contributed by atoms with Crippen LogP contribution in [0, 0.1) is 5.92 Å². The summed E-state index contributed by atoms with van der Waals surface area (Å²) in [5.74, 6) is -0.943. The molecular formula is C9H11NO2S. The van der Waals surface area contributed by atoms with Crippen molar-refractivity contribution in [2.75, 3.05) is 6.54 Å². The first kappa shape index (κ1) is 8.72. The third-order valence-corrected chi connectivity index (χ3v) is 3.34. The molecule has 2 unspecified atom stereocenters. The zero-order valence-corrected chi connectivity index (χ0v) is 7.88. The van der Waals surface area contributed by atoms with Crippen LogP contribution in [0.1, 0.15) is 17.3 Å². The quantitative estimate of drug-likeness (QED) is 0.755. The van der Waals surface area contributed by atoms with E-state index >= 15 is 0 Å². The van der Waals surface area contributed by atoms with Gasteiger partial charge in [-0.2, -0.15) is 0 Å². The Labute approximate surface area is 80.4 Å². The Kier molecular flexibility index (Phi) is 2.33. The topological polar surface area (TPSA) is 49.3 Å². The summed E-state index contributed by atoms with van der Waals surface area (Å²) in [7, 11) is 0. The fraction of sp³-hybridized carbons (Fsp3) is 0.444. The lowest BCUT2D eigenvalue weighted by Crippen LogP contribution is -2.22. The van der Waals surface area contributed by atoms with Crippen molar-refractivity contribution in [1.29, 1.82) is 0 Å². The molecule has 4 heteroatoms. The van der Waals surface area contributed by atoms with E-state index in [4.69, 9.17) is 5.11 Å². The number of carboxylic acids is 1. The molecule has 70 valence electrons. The Morgan fingerprint density at radius 1 is 1.69 bits per heavy atom. The second-order valence-electron chi connectivity index (χ2n) is 3.18. The summed E-state index contributed by atoms with van der Waals surface area (Å²) in [5.41, 5.74) is 0. The first-order valence-electron chi connectivity index (χ1n) is 4.28. The monoisotopic (exact) mass is 197 g/mol. The van der Waals surface area contributed by atoms with E-state index in [1.54, 1.807) is 11.3 Å². The minimum Gasteiger partial charge on any atom is -0.481 e. The van der Waals surface area contributed by atoms with Crippen molar-refractivity contribution in [3.63, 3.8) is 0 Å². The molecule has 0 saturated carbocycles. The van der Waals surface area contributed by atoms with E-state index in [-0.39, 0.29) is 12.0 Å². The Morgan fingerprint density at radius 2 is 2.54 bits per heavy atom. The van der Waals surface area contributed by atoms with E-state index in [9.17, 15) is 4.79 Å². The van der Waals surface area contributed by atoms with Crippen LogP contribution in [-0.4, -0.2) is 17.6 Å². The van der Waals surface area contributed by atoms with Crippen molar-refractivity contribution >= 4 is 17.3 Å². The van der Waals surface area contributed by atoms with Gasteiger partial charge in [0.2, 0.25) is 0 Å². The number of aliphatic carboxylic acids is 1. The van der Waals surface area contributed by atoms with E-state index < -0.39 is 5.97 Å². The zero-order chi connectivity index (χ0) is 9.26. The van der Waals surface area contributed by atoms with Gasteiger partial charge in [0.15, 0.2) is 0 Å². The Bertz CT molecular complexity index is 297. The summed E-state index contributed by atoms with van der Waals surface area (Å²) in [6, 6.07) is 3.97. The first-order chi connectivity index (χ1) is 6.29.